The predicted octanol–water partition coefficient (Wildman–Crippen LogP) is 4.26. The van der Waals surface area contributed by atoms with E-state index in [1.807, 2.05) is 18.2 Å². The molecule has 2 unspecified atom stereocenters. The van der Waals surface area contributed by atoms with Crippen LogP contribution in [0.15, 0.2) is 48.5 Å². The van der Waals surface area contributed by atoms with Gasteiger partial charge in [0.05, 0.1) is 16.3 Å². The van der Waals surface area contributed by atoms with Gasteiger partial charge in [-0.25, -0.2) is 4.98 Å². The molecule has 142 valence electrons. The maximum absolute atomic E-state index is 10.9. The molecule has 0 aliphatic carbocycles. The van der Waals surface area contributed by atoms with Gasteiger partial charge in [0.2, 0.25) is 0 Å². The number of nitrogen functional groups attached to an aromatic ring is 1. The van der Waals surface area contributed by atoms with E-state index in [4.69, 9.17) is 5.73 Å². The van der Waals surface area contributed by atoms with Crippen LogP contribution in [-0.2, 0) is 6.42 Å². The Morgan fingerprint density at radius 2 is 1.93 bits per heavy atom. The maximum Gasteiger partial charge on any atom is 0.181 e. The number of piperidine rings is 1. The normalized spacial score (nSPS) is 18.6. The van der Waals surface area contributed by atoms with Crippen molar-refractivity contribution >= 4 is 26.7 Å². The lowest BCUT2D eigenvalue weighted by molar-refractivity contribution is 0.0374. The van der Waals surface area contributed by atoms with Crippen LogP contribution in [-0.4, -0.2) is 34.1 Å². The van der Waals surface area contributed by atoms with Crippen molar-refractivity contribution < 1.29 is 5.11 Å². The van der Waals surface area contributed by atoms with Gasteiger partial charge in [0, 0.05) is 6.04 Å². The van der Waals surface area contributed by atoms with Crippen molar-refractivity contribution in [3.63, 3.8) is 0 Å². The Labute approximate surface area is 164 Å². The molecule has 2 heterocycles. The lowest BCUT2D eigenvalue weighted by Crippen LogP contribution is -2.43. The van der Waals surface area contributed by atoms with Crippen LogP contribution >= 0.6 is 11.3 Å². The van der Waals surface area contributed by atoms with Crippen LogP contribution in [0.4, 0.5) is 5.13 Å². The molecule has 2 atom stereocenters. The van der Waals surface area contributed by atoms with Crippen molar-refractivity contribution in [3.05, 3.63) is 59.7 Å². The molecule has 0 radical (unpaired) electrons. The van der Waals surface area contributed by atoms with Crippen molar-refractivity contribution in [3.8, 4) is 0 Å². The smallest absolute Gasteiger partial charge is 0.181 e. The minimum atomic E-state index is -0.497. The molecule has 3 N–H and O–H groups in total. The first-order chi connectivity index (χ1) is 13.1. The van der Waals surface area contributed by atoms with E-state index in [-0.39, 0.29) is 6.04 Å². The van der Waals surface area contributed by atoms with Crippen molar-refractivity contribution in [2.75, 3.05) is 18.8 Å². The van der Waals surface area contributed by atoms with Crippen LogP contribution in [0.2, 0.25) is 0 Å². The molecule has 1 fully saturated rings. The third-order valence-corrected chi connectivity index (χ3v) is 6.67. The van der Waals surface area contributed by atoms with Crippen LogP contribution in [0.5, 0.6) is 0 Å². The fourth-order valence-electron chi connectivity index (χ4n) is 4.13. The lowest BCUT2D eigenvalue weighted by atomic mass is 9.89. The van der Waals surface area contributed by atoms with Crippen LogP contribution in [0.3, 0.4) is 0 Å². The summed E-state index contributed by atoms with van der Waals surface area (Å²) in [4.78, 5) is 6.72. The molecule has 1 aliphatic rings. The van der Waals surface area contributed by atoms with Gasteiger partial charge < -0.3 is 10.8 Å². The second-order valence-electron chi connectivity index (χ2n) is 7.63. The van der Waals surface area contributed by atoms with Gasteiger partial charge in [-0.1, -0.05) is 47.7 Å². The lowest BCUT2D eigenvalue weighted by Gasteiger charge is -2.38. The van der Waals surface area contributed by atoms with E-state index in [0.29, 0.717) is 5.13 Å². The molecule has 5 heteroatoms. The Morgan fingerprint density at radius 3 is 2.67 bits per heavy atom. The summed E-state index contributed by atoms with van der Waals surface area (Å²) in [6.07, 6.45) is 3.05. The molecule has 4 nitrogen and oxygen atoms in total. The van der Waals surface area contributed by atoms with E-state index >= 15 is 0 Å². The van der Waals surface area contributed by atoms with Crippen molar-refractivity contribution in [1.29, 1.82) is 0 Å². The number of anilines is 1. The number of rotatable bonds is 5. The summed E-state index contributed by atoms with van der Waals surface area (Å²) in [5, 5.41) is 11.5. The second kappa shape index (κ2) is 7.97. The number of hydrogen-bond acceptors (Lipinski definition) is 5. The standard InChI is InChI=1S/C22H27N3OS/c1-15(21(26)18-7-8-19-20(14-18)27-22(23)24-19)25-11-9-17(10-12-25)13-16-5-3-2-4-6-16/h2-8,14-15,17,21,26H,9-13H2,1H3,(H2,23,24). The highest BCUT2D eigenvalue weighted by atomic mass is 32.1. The van der Waals surface area contributed by atoms with E-state index in [2.05, 4.69) is 47.1 Å². The summed E-state index contributed by atoms with van der Waals surface area (Å²) < 4.78 is 1.04. The largest absolute Gasteiger partial charge is 0.387 e. The third kappa shape index (κ3) is 4.15. The highest BCUT2D eigenvalue weighted by molar-refractivity contribution is 7.22. The number of aliphatic hydroxyl groups is 1. The number of hydrogen-bond donors (Lipinski definition) is 2. The number of likely N-dealkylation sites (tertiary alicyclic amines) is 1. The van der Waals surface area contributed by atoms with Gasteiger partial charge in [-0.15, -0.1) is 0 Å². The summed E-state index contributed by atoms with van der Waals surface area (Å²) in [6, 6.07) is 16.8. The molecular weight excluding hydrogens is 354 g/mol. The first-order valence-corrected chi connectivity index (χ1v) is 10.5. The molecule has 0 amide bonds. The zero-order valence-electron chi connectivity index (χ0n) is 15.7. The molecule has 1 aliphatic heterocycles. The van der Waals surface area contributed by atoms with E-state index in [1.54, 1.807) is 0 Å². The minimum absolute atomic E-state index is 0.102. The van der Waals surface area contributed by atoms with Crippen LogP contribution < -0.4 is 5.73 Å². The molecule has 0 bridgehead atoms. The monoisotopic (exact) mass is 381 g/mol. The summed E-state index contributed by atoms with van der Waals surface area (Å²) in [5.74, 6) is 0.740. The molecule has 1 saturated heterocycles. The molecular formula is C22H27N3OS. The highest BCUT2D eigenvalue weighted by Gasteiger charge is 2.27. The molecule has 2 aromatic carbocycles. The third-order valence-electron chi connectivity index (χ3n) is 5.82. The fourth-order valence-corrected chi connectivity index (χ4v) is 4.92. The summed E-state index contributed by atoms with van der Waals surface area (Å²) >= 11 is 1.47. The van der Waals surface area contributed by atoms with E-state index in [9.17, 15) is 5.11 Å². The number of aromatic nitrogens is 1. The Balaban J connectivity index is 1.37. The predicted molar refractivity (Wildman–Crippen MR) is 113 cm³/mol. The molecule has 0 spiro atoms. The quantitative estimate of drug-likeness (QED) is 0.693. The number of benzene rings is 2. The Morgan fingerprint density at radius 1 is 1.19 bits per heavy atom. The zero-order chi connectivity index (χ0) is 18.8. The van der Waals surface area contributed by atoms with E-state index in [0.717, 1.165) is 41.2 Å². The first-order valence-electron chi connectivity index (χ1n) is 9.72. The topological polar surface area (TPSA) is 62.4 Å². The average molecular weight is 382 g/mol. The van der Waals surface area contributed by atoms with Crippen LogP contribution in [0, 0.1) is 5.92 Å². The van der Waals surface area contributed by atoms with E-state index in [1.165, 1.54) is 29.7 Å². The van der Waals surface area contributed by atoms with Crippen molar-refractivity contribution in [1.82, 2.24) is 9.88 Å². The zero-order valence-corrected chi connectivity index (χ0v) is 16.5. The molecule has 0 saturated carbocycles. The summed E-state index contributed by atoms with van der Waals surface area (Å²) in [7, 11) is 0. The van der Waals surface area contributed by atoms with Crippen molar-refractivity contribution in [2.45, 2.75) is 38.3 Å². The van der Waals surface area contributed by atoms with Crippen molar-refractivity contribution in [2.24, 2.45) is 5.92 Å². The number of fused-ring (bicyclic) bond motifs is 1. The van der Waals surface area contributed by atoms with Gasteiger partial charge in [-0.3, -0.25) is 4.90 Å². The Bertz CT molecular complexity index is 887. The molecule has 1 aromatic heterocycles. The summed E-state index contributed by atoms with van der Waals surface area (Å²) in [6.45, 7) is 4.23. The maximum atomic E-state index is 10.9. The highest BCUT2D eigenvalue weighted by Crippen LogP contribution is 2.31. The van der Waals surface area contributed by atoms with Crippen LogP contribution in [0.25, 0.3) is 10.2 Å². The number of nitrogens with zero attached hydrogens (tertiary/aromatic N) is 2. The summed E-state index contributed by atoms with van der Waals surface area (Å²) in [5.41, 5.74) is 9.08. The minimum Gasteiger partial charge on any atom is -0.387 e. The SMILES string of the molecule is CC(C(O)c1ccc2nc(N)sc2c1)N1CCC(Cc2ccccc2)CC1. The number of aliphatic hydroxyl groups excluding tert-OH is 1. The average Bonchev–Trinajstić information content (AvgIpc) is 3.07. The molecule has 4 rings (SSSR count). The van der Waals surface area contributed by atoms with Gasteiger partial charge in [0.25, 0.3) is 0 Å². The first kappa shape index (κ1) is 18.4. The Hall–Kier alpha value is -1.95. The fraction of sp³-hybridized carbons (Fsp3) is 0.409. The van der Waals surface area contributed by atoms with Gasteiger partial charge >= 0.3 is 0 Å². The molecule has 3 aromatic rings. The number of thiazole rings is 1. The van der Waals surface area contributed by atoms with Gasteiger partial charge in [-0.05, 0) is 68.5 Å². The van der Waals surface area contributed by atoms with Gasteiger partial charge in [0.1, 0.15) is 0 Å². The number of nitrogens with two attached hydrogens (primary N) is 1. The second-order valence-corrected chi connectivity index (χ2v) is 8.70. The van der Waals surface area contributed by atoms with Gasteiger partial charge in [-0.2, -0.15) is 0 Å². The van der Waals surface area contributed by atoms with E-state index < -0.39 is 6.10 Å². The van der Waals surface area contributed by atoms with Gasteiger partial charge in [0.15, 0.2) is 5.13 Å². The Kier molecular flexibility index (Phi) is 5.43. The van der Waals surface area contributed by atoms with Crippen LogP contribution in [0.1, 0.15) is 37.0 Å². The molecule has 27 heavy (non-hydrogen) atoms.